The van der Waals surface area contributed by atoms with Gasteiger partial charge >= 0.3 is 0 Å². The Bertz CT molecular complexity index is 812. The molecule has 0 aromatic heterocycles. The second kappa shape index (κ2) is 8.81. The lowest BCUT2D eigenvalue weighted by atomic mass is 10.0. The Morgan fingerprint density at radius 2 is 1.45 bits per heavy atom. The molecule has 1 aromatic carbocycles. The maximum absolute atomic E-state index is 13.4. The van der Waals surface area contributed by atoms with Crippen LogP contribution in [0.3, 0.4) is 0 Å². The van der Waals surface area contributed by atoms with Crippen LogP contribution in [0, 0.1) is 0 Å². The van der Waals surface area contributed by atoms with E-state index in [0.717, 1.165) is 12.8 Å². The molecule has 3 rings (SSSR count). The molecule has 0 saturated carbocycles. The van der Waals surface area contributed by atoms with Crippen LogP contribution in [0.5, 0.6) is 17.2 Å². The molecule has 2 saturated heterocycles. The number of benzene rings is 1. The number of carbonyl (C=O) groups excluding carboxylic acids is 1. The second-order valence-corrected chi connectivity index (χ2v) is 9.95. The lowest BCUT2D eigenvalue weighted by molar-refractivity contribution is 0.0597. The first-order valence-corrected chi connectivity index (χ1v) is 12.3. The fourth-order valence-electron chi connectivity index (χ4n) is 4.47. The monoisotopic (exact) mass is 425 g/mol. The highest BCUT2D eigenvalue weighted by Gasteiger charge is 2.46. The molecule has 2 unspecified atom stereocenters. The average molecular weight is 426 g/mol. The summed E-state index contributed by atoms with van der Waals surface area (Å²) in [6, 6.07) is 3.33. The van der Waals surface area contributed by atoms with E-state index in [1.165, 1.54) is 6.26 Å². The van der Waals surface area contributed by atoms with Gasteiger partial charge in [0.2, 0.25) is 5.75 Å². The number of fused-ring (bicyclic) bond motifs is 2. The van der Waals surface area contributed by atoms with Gasteiger partial charge in [-0.25, -0.2) is 8.42 Å². The molecule has 0 aliphatic carbocycles. The van der Waals surface area contributed by atoms with Crippen LogP contribution >= 0.6 is 0 Å². The number of rotatable bonds is 8. The normalized spacial score (nSPS) is 23.7. The van der Waals surface area contributed by atoms with Crippen molar-refractivity contribution in [1.29, 1.82) is 0 Å². The van der Waals surface area contributed by atoms with Crippen molar-refractivity contribution in [3.63, 3.8) is 0 Å². The number of piperidine rings is 1. The zero-order chi connectivity index (χ0) is 21.2. The van der Waals surface area contributed by atoms with Gasteiger partial charge in [-0.2, -0.15) is 0 Å². The second-order valence-electron chi connectivity index (χ2n) is 7.62. The summed E-state index contributed by atoms with van der Waals surface area (Å²) in [5.74, 6) is 1.38. The molecule has 7 nitrogen and oxygen atoms in total. The molecule has 0 N–H and O–H groups in total. The molecule has 2 heterocycles. The van der Waals surface area contributed by atoms with E-state index in [0.29, 0.717) is 55.5 Å². The molecule has 2 atom stereocenters. The number of ether oxygens (including phenoxy) is 3. The number of sulfone groups is 1. The van der Waals surface area contributed by atoms with E-state index in [2.05, 4.69) is 0 Å². The summed E-state index contributed by atoms with van der Waals surface area (Å²) >= 11 is 0. The van der Waals surface area contributed by atoms with E-state index in [-0.39, 0.29) is 23.2 Å². The Kier molecular flexibility index (Phi) is 6.61. The van der Waals surface area contributed by atoms with Crippen molar-refractivity contribution < 1.29 is 27.4 Å². The Morgan fingerprint density at radius 3 is 1.86 bits per heavy atom. The SMILES string of the molecule is CCOc1cc(C(=O)N2C3CCC2CC(S(C)(=O)=O)C3)cc(OCC)c1OCC. The van der Waals surface area contributed by atoms with E-state index in [9.17, 15) is 13.2 Å². The van der Waals surface area contributed by atoms with Gasteiger partial charge in [0.25, 0.3) is 5.91 Å². The van der Waals surface area contributed by atoms with E-state index in [1.54, 1.807) is 12.1 Å². The molecule has 2 aliphatic heterocycles. The third-order valence-corrected chi connectivity index (χ3v) is 7.28. The van der Waals surface area contributed by atoms with Crippen LogP contribution in [0.1, 0.15) is 56.8 Å². The minimum absolute atomic E-state index is 0.0429. The van der Waals surface area contributed by atoms with Crippen LogP contribution in [-0.2, 0) is 9.84 Å². The predicted molar refractivity (Wildman–Crippen MR) is 111 cm³/mol. The van der Waals surface area contributed by atoms with Crippen LogP contribution in [0.25, 0.3) is 0 Å². The lowest BCUT2D eigenvalue weighted by Crippen LogP contribution is -2.49. The summed E-state index contributed by atoms with van der Waals surface area (Å²) in [7, 11) is -3.10. The molecule has 2 bridgehead atoms. The highest BCUT2D eigenvalue weighted by atomic mass is 32.2. The lowest BCUT2D eigenvalue weighted by Gasteiger charge is -2.38. The summed E-state index contributed by atoms with van der Waals surface area (Å²) in [6.45, 7) is 6.97. The molecule has 1 amide bonds. The van der Waals surface area contributed by atoms with Crippen molar-refractivity contribution >= 4 is 15.7 Å². The molecule has 1 aromatic rings. The highest BCUT2D eigenvalue weighted by Crippen LogP contribution is 2.42. The van der Waals surface area contributed by atoms with Gasteiger partial charge in [0, 0.05) is 23.9 Å². The molecule has 29 heavy (non-hydrogen) atoms. The first-order chi connectivity index (χ1) is 13.8. The smallest absolute Gasteiger partial charge is 0.254 e. The van der Waals surface area contributed by atoms with Crippen molar-refractivity contribution in [2.24, 2.45) is 0 Å². The summed E-state index contributed by atoms with van der Waals surface area (Å²) in [6.07, 6.45) is 4.00. The summed E-state index contributed by atoms with van der Waals surface area (Å²) in [5, 5.41) is -0.359. The minimum Gasteiger partial charge on any atom is -0.490 e. The Morgan fingerprint density at radius 1 is 0.966 bits per heavy atom. The zero-order valence-corrected chi connectivity index (χ0v) is 18.5. The number of hydrogen-bond donors (Lipinski definition) is 0. The molecule has 2 fully saturated rings. The molecule has 0 radical (unpaired) electrons. The number of hydrogen-bond acceptors (Lipinski definition) is 6. The van der Waals surface area contributed by atoms with Gasteiger partial charge in [-0.15, -0.1) is 0 Å². The number of amides is 1. The average Bonchev–Trinajstić information content (AvgIpc) is 2.92. The van der Waals surface area contributed by atoms with Crippen LogP contribution in [0.4, 0.5) is 0 Å². The van der Waals surface area contributed by atoms with Crippen molar-refractivity contribution in [3.8, 4) is 17.2 Å². The molecule has 8 heteroatoms. The number of nitrogens with zero attached hydrogens (tertiary/aromatic N) is 1. The van der Waals surface area contributed by atoms with Gasteiger partial charge in [0.15, 0.2) is 11.5 Å². The number of carbonyl (C=O) groups is 1. The van der Waals surface area contributed by atoms with Crippen LogP contribution in [-0.4, -0.2) is 62.6 Å². The van der Waals surface area contributed by atoms with Gasteiger partial charge in [0.1, 0.15) is 9.84 Å². The first kappa shape index (κ1) is 21.7. The minimum atomic E-state index is -3.10. The third-order valence-electron chi connectivity index (χ3n) is 5.69. The van der Waals surface area contributed by atoms with Crippen molar-refractivity contribution in [2.45, 2.75) is 63.8 Å². The quantitative estimate of drug-likeness (QED) is 0.637. The Labute approximate surface area is 173 Å². The fraction of sp³-hybridized carbons (Fsp3) is 0.667. The maximum atomic E-state index is 13.4. The van der Waals surface area contributed by atoms with Crippen molar-refractivity contribution in [3.05, 3.63) is 17.7 Å². The van der Waals surface area contributed by atoms with Gasteiger partial charge < -0.3 is 19.1 Å². The fourth-order valence-corrected chi connectivity index (χ4v) is 5.61. The summed E-state index contributed by atoms with van der Waals surface area (Å²) in [4.78, 5) is 15.3. The van der Waals surface area contributed by atoms with E-state index in [4.69, 9.17) is 14.2 Å². The van der Waals surface area contributed by atoms with E-state index < -0.39 is 9.84 Å². The van der Waals surface area contributed by atoms with Gasteiger partial charge in [-0.05, 0) is 58.6 Å². The topological polar surface area (TPSA) is 82.1 Å². The van der Waals surface area contributed by atoms with Crippen molar-refractivity contribution in [2.75, 3.05) is 26.1 Å². The molecule has 0 spiro atoms. The van der Waals surface area contributed by atoms with Gasteiger partial charge in [-0.3, -0.25) is 4.79 Å². The zero-order valence-electron chi connectivity index (χ0n) is 17.6. The Balaban J connectivity index is 1.93. The van der Waals surface area contributed by atoms with E-state index >= 15 is 0 Å². The molecular weight excluding hydrogens is 394 g/mol. The summed E-state index contributed by atoms with van der Waals surface area (Å²) < 4.78 is 41.2. The van der Waals surface area contributed by atoms with Gasteiger partial charge in [0.05, 0.1) is 25.1 Å². The van der Waals surface area contributed by atoms with Crippen LogP contribution in [0.15, 0.2) is 12.1 Å². The van der Waals surface area contributed by atoms with Crippen LogP contribution < -0.4 is 14.2 Å². The molecule has 2 aliphatic rings. The summed E-state index contributed by atoms with van der Waals surface area (Å²) in [5.41, 5.74) is 0.482. The largest absolute Gasteiger partial charge is 0.490 e. The molecular formula is C21H31NO6S. The standard InChI is InChI=1S/C21H31NO6S/c1-5-26-18-10-14(11-19(27-6-2)20(18)28-7-3)21(23)22-15-8-9-16(22)13-17(12-15)29(4,24)25/h10-11,15-17H,5-9,12-13H2,1-4H3. The maximum Gasteiger partial charge on any atom is 0.254 e. The first-order valence-electron chi connectivity index (χ1n) is 10.4. The highest BCUT2D eigenvalue weighted by molar-refractivity contribution is 7.91. The predicted octanol–water partition coefficient (Wildman–Crippen LogP) is 3.06. The van der Waals surface area contributed by atoms with Crippen molar-refractivity contribution in [1.82, 2.24) is 4.90 Å². The third kappa shape index (κ3) is 4.47. The Hall–Kier alpha value is -1.96. The van der Waals surface area contributed by atoms with Crippen LogP contribution in [0.2, 0.25) is 0 Å². The molecule has 162 valence electrons. The van der Waals surface area contributed by atoms with E-state index in [1.807, 2.05) is 25.7 Å². The van der Waals surface area contributed by atoms with Gasteiger partial charge in [-0.1, -0.05) is 0 Å².